The van der Waals surface area contributed by atoms with Crippen molar-refractivity contribution in [1.82, 2.24) is 9.97 Å². The van der Waals surface area contributed by atoms with Crippen LogP contribution in [-0.2, 0) is 4.79 Å². The monoisotopic (exact) mass is 413 g/mol. The van der Waals surface area contributed by atoms with Crippen molar-refractivity contribution < 1.29 is 9.90 Å². The van der Waals surface area contributed by atoms with Gasteiger partial charge in [0.05, 0.1) is 5.69 Å². The maximum Gasteiger partial charge on any atom is 0.229 e. The zero-order valence-electron chi connectivity index (χ0n) is 16.1. The topological polar surface area (TPSA) is 66.3 Å². The molecule has 1 saturated heterocycles. The van der Waals surface area contributed by atoms with E-state index in [2.05, 4.69) is 9.97 Å². The number of aromatic hydroxyl groups is 1. The molecule has 1 aliphatic heterocycles. The number of nitrogens with zero attached hydrogens (tertiary/aromatic N) is 3. The lowest BCUT2D eigenvalue weighted by atomic mass is 10.1. The summed E-state index contributed by atoms with van der Waals surface area (Å²) < 4.78 is 0. The highest BCUT2D eigenvalue weighted by Crippen LogP contribution is 2.41. The normalized spacial score (nSPS) is 16.7. The van der Waals surface area contributed by atoms with Gasteiger partial charge in [0.25, 0.3) is 0 Å². The number of hydrogen-bond donors (Lipinski definition) is 1. The Hall–Kier alpha value is -3.38. The van der Waals surface area contributed by atoms with E-state index in [1.54, 1.807) is 30.1 Å². The molecule has 0 radical (unpaired) electrons. The zero-order chi connectivity index (χ0) is 20.5. The number of rotatable bonds is 3. The number of aromatic nitrogens is 2. The number of hydrogen-bond acceptors (Lipinski definition) is 5. The number of thioether (sulfide) groups is 1. The Morgan fingerprint density at radius 1 is 0.967 bits per heavy atom. The van der Waals surface area contributed by atoms with Crippen molar-refractivity contribution in [3.63, 3.8) is 0 Å². The molecule has 30 heavy (non-hydrogen) atoms. The molecule has 0 saturated carbocycles. The molecule has 0 aliphatic carbocycles. The van der Waals surface area contributed by atoms with Gasteiger partial charge >= 0.3 is 0 Å². The predicted molar refractivity (Wildman–Crippen MR) is 120 cm³/mol. The van der Waals surface area contributed by atoms with Crippen molar-refractivity contribution >= 4 is 34.4 Å². The molecule has 6 heteroatoms. The molecule has 5 nitrogen and oxygen atoms in total. The van der Waals surface area contributed by atoms with Gasteiger partial charge in [0, 0.05) is 35.0 Å². The third kappa shape index (κ3) is 3.50. The lowest BCUT2D eigenvalue weighted by molar-refractivity contribution is -0.118. The van der Waals surface area contributed by atoms with Crippen molar-refractivity contribution in [2.45, 2.75) is 11.8 Å². The average Bonchev–Trinajstić information content (AvgIpc) is 2.79. The highest BCUT2D eigenvalue weighted by atomic mass is 32.2. The molecule has 2 aromatic heterocycles. The fourth-order valence-corrected chi connectivity index (χ4v) is 4.91. The van der Waals surface area contributed by atoms with E-state index in [-0.39, 0.29) is 17.0 Å². The predicted octanol–water partition coefficient (Wildman–Crippen LogP) is 5.17. The van der Waals surface area contributed by atoms with Crippen LogP contribution in [0, 0.1) is 0 Å². The molecule has 0 bridgehead atoms. The van der Waals surface area contributed by atoms with Gasteiger partial charge in [-0.05, 0) is 54.1 Å². The first kappa shape index (κ1) is 18.6. The number of anilines is 1. The lowest BCUT2D eigenvalue weighted by Crippen LogP contribution is -2.37. The number of carbonyl (C=O) groups is 1. The molecule has 3 heterocycles. The number of carbonyl (C=O) groups excluding carboxylic acids is 1. The van der Waals surface area contributed by atoms with E-state index in [4.69, 9.17) is 0 Å². The molecule has 2 aromatic carbocycles. The lowest BCUT2D eigenvalue weighted by Gasteiger charge is -2.35. The summed E-state index contributed by atoms with van der Waals surface area (Å²) in [6.45, 7) is 0. The summed E-state index contributed by atoms with van der Waals surface area (Å²) in [6.07, 6.45) is 2.25. The van der Waals surface area contributed by atoms with Crippen molar-refractivity contribution in [2.24, 2.45) is 0 Å². The molecule has 1 unspecified atom stereocenters. The Bertz CT molecular complexity index is 1210. The molecule has 0 spiro atoms. The minimum Gasteiger partial charge on any atom is -0.508 e. The van der Waals surface area contributed by atoms with Crippen LogP contribution in [0.2, 0.25) is 0 Å². The average molecular weight is 414 g/mol. The zero-order valence-corrected chi connectivity index (χ0v) is 16.9. The molecular formula is C24H19N3O2S. The number of phenols is 1. The summed E-state index contributed by atoms with van der Waals surface area (Å²) in [5, 5.41) is 10.5. The first-order chi connectivity index (χ1) is 14.7. The number of phenolic OH excluding ortho intramolecular Hbond substituents is 1. The number of fused-ring (bicyclic) bond motifs is 1. The van der Waals surface area contributed by atoms with Gasteiger partial charge in [-0.15, -0.1) is 11.8 Å². The SMILES string of the molecule is O=C1CCSC(c2ccc(O)cc2)N1c1ccc(-c2ccc3cccnc3n2)cc1. The summed E-state index contributed by atoms with van der Waals surface area (Å²) >= 11 is 1.73. The Morgan fingerprint density at radius 3 is 2.57 bits per heavy atom. The maximum atomic E-state index is 12.8. The van der Waals surface area contributed by atoms with Crippen LogP contribution in [-0.4, -0.2) is 26.7 Å². The van der Waals surface area contributed by atoms with E-state index >= 15 is 0 Å². The summed E-state index contributed by atoms with van der Waals surface area (Å²) in [5.74, 6) is 1.11. The van der Waals surface area contributed by atoms with E-state index in [1.165, 1.54) is 0 Å². The fraction of sp³-hybridized carbons (Fsp3) is 0.125. The van der Waals surface area contributed by atoms with Crippen LogP contribution in [0.15, 0.2) is 79.0 Å². The van der Waals surface area contributed by atoms with Crippen molar-refractivity contribution in [1.29, 1.82) is 0 Å². The smallest absolute Gasteiger partial charge is 0.229 e. The van der Waals surface area contributed by atoms with E-state index in [0.29, 0.717) is 12.1 Å². The van der Waals surface area contributed by atoms with Crippen LogP contribution in [0.3, 0.4) is 0 Å². The first-order valence-corrected chi connectivity index (χ1v) is 10.8. The minimum absolute atomic E-state index is 0.104. The van der Waals surface area contributed by atoms with E-state index in [1.807, 2.05) is 65.6 Å². The van der Waals surface area contributed by atoms with Gasteiger partial charge in [-0.3, -0.25) is 9.69 Å². The number of benzene rings is 2. The Kier molecular flexibility index (Phi) is 4.85. The van der Waals surface area contributed by atoms with Gasteiger partial charge in [0.2, 0.25) is 5.91 Å². The largest absolute Gasteiger partial charge is 0.508 e. The summed E-state index contributed by atoms with van der Waals surface area (Å²) in [5.41, 5.74) is 4.39. The van der Waals surface area contributed by atoms with Gasteiger partial charge in [-0.1, -0.05) is 24.3 Å². The molecule has 5 rings (SSSR count). The Balaban J connectivity index is 1.47. The second-order valence-corrected chi connectivity index (χ2v) is 8.31. The molecule has 1 amide bonds. The van der Waals surface area contributed by atoms with Gasteiger partial charge in [-0.2, -0.15) is 0 Å². The van der Waals surface area contributed by atoms with Crippen molar-refractivity contribution in [2.75, 3.05) is 10.7 Å². The molecule has 1 atom stereocenters. The van der Waals surface area contributed by atoms with E-state index in [0.717, 1.165) is 33.6 Å². The highest BCUT2D eigenvalue weighted by Gasteiger charge is 2.31. The van der Waals surface area contributed by atoms with Gasteiger partial charge in [0.15, 0.2) is 5.65 Å². The molecule has 4 aromatic rings. The third-order valence-electron chi connectivity index (χ3n) is 5.18. The summed E-state index contributed by atoms with van der Waals surface area (Å²) in [4.78, 5) is 23.6. The van der Waals surface area contributed by atoms with E-state index in [9.17, 15) is 9.90 Å². The minimum atomic E-state index is -0.110. The first-order valence-electron chi connectivity index (χ1n) is 9.74. The quantitative estimate of drug-likeness (QED) is 0.502. The van der Waals surface area contributed by atoms with Gasteiger partial charge in [0.1, 0.15) is 11.1 Å². The van der Waals surface area contributed by atoms with E-state index < -0.39 is 0 Å². The van der Waals surface area contributed by atoms with Crippen LogP contribution in [0.1, 0.15) is 17.4 Å². The fourth-order valence-electron chi connectivity index (χ4n) is 3.65. The van der Waals surface area contributed by atoms with Crippen molar-refractivity contribution in [3.8, 4) is 17.0 Å². The van der Waals surface area contributed by atoms with Gasteiger partial charge < -0.3 is 5.11 Å². The third-order valence-corrected chi connectivity index (χ3v) is 6.42. The Labute approximate surface area is 178 Å². The Morgan fingerprint density at radius 2 is 1.77 bits per heavy atom. The van der Waals surface area contributed by atoms with Crippen LogP contribution in [0.5, 0.6) is 5.75 Å². The van der Waals surface area contributed by atoms with Crippen molar-refractivity contribution in [3.05, 3.63) is 84.6 Å². The van der Waals surface area contributed by atoms with Crippen LogP contribution in [0.4, 0.5) is 5.69 Å². The standard InChI is InChI=1S/C24H19N3O2S/c28-20-10-5-18(6-11-20)24-27(22(29)13-15-30-24)19-8-3-16(4-9-19)21-12-7-17-2-1-14-25-23(17)26-21/h1-12,14,24,28H,13,15H2. The molecule has 1 N–H and O–H groups in total. The highest BCUT2D eigenvalue weighted by molar-refractivity contribution is 7.99. The van der Waals surface area contributed by atoms with Crippen LogP contribution >= 0.6 is 11.8 Å². The number of amides is 1. The molecular weight excluding hydrogens is 394 g/mol. The second-order valence-electron chi connectivity index (χ2n) is 7.12. The van der Waals surface area contributed by atoms with Gasteiger partial charge in [-0.25, -0.2) is 9.97 Å². The maximum absolute atomic E-state index is 12.8. The molecule has 148 valence electrons. The molecule has 1 aliphatic rings. The summed E-state index contributed by atoms with van der Waals surface area (Å²) in [6, 6.07) is 22.9. The van der Waals surface area contributed by atoms with Crippen LogP contribution < -0.4 is 4.90 Å². The molecule has 1 fully saturated rings. The second kappa shape index (κ2) is 7.80. The van der Waals surface area contributed by atoms with Crippen LogP contribution in [0.25, 0.3) is 22.3 Å². The number of pyridine rings is 2. The summed E-state index contributed by atoms with van der Waals surface area (Å²) in [7, 11) is 0.